The number of aromatic nitrogens is 3. The van der Waals surface area contributed by atoms with Gasteiger partial charge in [0, 0.05) is 4.88 Å². The van der Waals surface area contributed by atoms with E-state index in [0.717, 1.165) is 15.6 Å². The first-order chi connectivity index (χ1) is 9.17. The largest absolute Gasteiger partial charge is 0.463 e. The van der Waals surface area contributed by atoms with Crippen LogP contribution in [-0.4, -0.2) is 21.6 Å². The Morgan fingerprint density at radius 3 is 2.79 bits per heavy atom. The molecule has 0 amide bonds. The molecule has 19 heavy (non-hydrogen) atoms. The summed E-state index contributed by atoms with van der Waals surface area (Å²) in [7, 11) is 0. The topological polar surface area (TPSA) is 59.9 Å². The van der Waals surface area contributed by atoms with E-state index in [2.05, 4.69) is 20.3 Å². The summed E-state index contributed by atoms with van der Waals surface area (Å²) in [6, 6.07) is 4.02. The molecule has 1 N–H and O–H groups in total. The van der Waals surface area contributed by atoms with Crippen LogP contribution in [0.2, 0.25) is 9.62 Å². The van der Waals surface area contributed by atoms with Crippen LogP contribution < -0.4 is 10.1 Å². The van der Waals surface area contributed by atoms with Gasteiger partial charge in [-0.25, -0.2) is 0 Å². The lowest BCUT2D eigenvalue weighted by Gasteiger charge is -2.06. The van der Waals surface area contributed by atoms with E-state index in [0.29, 0.717) is 19.1 Å². The number of rotatable bonds is 6. The fraction of sp³-hybridized carbons (Fsp3) is 0.364. The molecule has 0 fully saturated rings. The Bertz CT molecular complexity index is 549. The number of hydrogen-bond acceptors (Lipinski definition) is 6. The van der Waals surface area contributed by atoms with Gasteiger partial charge in [-0.1, -0.05) is 18.5 Å². The molecule has 0 aliphatic carbocycles. The highest BCUT2D eigenvalue weighted by Crippen LogP contribution is 2.22. The third kappa shape index (κ3) is 4.49. The van der Waals surface area contributed by atoms with Gasteiger partial charge in [-0.15, -0.1) is 11.3 Å². The second-order valence-corrected chi connectivity index (χ2v) is 5.76. The summed E-state index contributed by atoms with van der Waals surface area (Å²) in [6.07, 6.45) is 0.875. The molecule has 0 aliphatic rings. The van der Waals surface area contributed by atoms with Gasteiger partial charge in [0.1, 0.15) is 0 Å². The lowest BCUT2D eigenvalue weighted by Crippen LogP contribution is -2.07. The zero-order chi connectivity index (χ0) is 13.7. The summed E-state index contributed by atoms with van der Waals surface area (Å²) in [6.45, 7) is 3.12. The van der Waals surface area contributed by atoms with Crippen LogP contribution in [0.1, 0.15) is 18.2 Å². The van der Waals surface area contributed by atoms with Gasteiger partial charge in [-0.2, -0.15) is 15.0 Å². The van der Waals surface area contributed by atoms with Crippen LogP contribution in [0.15, 0.2) is 12.1 Å². The first kappa shape index (κ1) is 14.3. The van der Waals surface area contributed by atoms with Crippen molar-refractivity contribution < 1.29 is 4.74 Å². The zero-order valence-electron chi connectivity index (χ0n) is 10.2. The van der Waals surface area contributed by atoms with E-state index in [1.807, 2.05) is 19.1 Å². The molecule has 0 saturated carbocycles. The van der Waals surface area contributed by atoms with E-state index in [-0.39, 0.29) is 11.3 Å². The minimum atomic E-state index is 0.104. The lowest BCUT2D eigenvalue weighted by molar-refractivity contribution is 0.291. The van der Waals surface area contributed by atoms with Gasteiger partial charge in [0.05, 0.1) is 17.5 Å². The molecule has 0 saturated heterocycles. The van der Waals surface area contributed by atoms with Crippen LogP contribution in [0.4, 0.5) is 5.95 Å². The number of halogens is 2. The normalized spacial score (nSPS) is 10.5. The Hall–Kier alpha value is -1.11. The summed E-state index contributed by atoms with van der Waals surface area (Å²) in [5.41, 5.74) is 0. The fourth-order valence-electron chi connectivity index (χ4n) is 1.28. The molecule has 2 heterocycles. The van der Waals surface area contributed by atoms with Gasteiger partial charge in [0.15, 0.2) is 0 Å². The maximum absolute atomic E-state index is 5.86. The molecule has 0 unspecified atom stereocenters. The van der Waals surface area contributed by atoms with Gasteiger partial charge in [-0.3, -0.25) is 0 Å². The molecule has 2 aromatic heterocycles. The van der Waals surface area contributed by atoms with Gasteiger partial charge in [-0.05, 0) is 30.2 Å². The Balaban J connectivity index is 2.01. The van der Waals surface area contributed by atoms with Crippen LogP contribution in [0.3, 0.4) is 0 Å². The molecule has 0 bridgehead atoms. The van der Waals surface area contributed by atoms with Crippen molar-refractivity contribution in [2.24, 2.45) is 0 Å². The summed E-state index contributed by atoms with van der Waals surface area (Å²) in [5.74, 6) is 0.385. The zero-order valence-corrected chi connectivity index (χ0v) is 12.5. The van der Waals surface area contributed by atoms with Crippen LogP contribution in [-0.2, 0) is 6.54 Å². The first-order valence-corrected chi connectivity index (χ1v) is 7.27. The third-order valence-electron chi connectivity index (χ3n) is 2.07. The highest BCUT2D eigenvalue weighted by atomic mass is 35.5. The molecule has 102 valence electrons. The maximum Gasteiger partial charge on any atom is 0.322 e. The van der Waals surface area contributed by atoms with E-state index < -0.39 is 0 Å². The molecule has 0 aliphatic heterocycles. The molecule has 8 heteroatoms. The average molecular weight is 319 g/mol. The average Bonchev–Trinajstić information content (AvgIpc) is 2.79. The first-order valence-electron chi connectivity index (χ1n) is 5.70. The second-order valence-electron chi connectivity index (χ2n) is 3.62. The molecule has 0 aromatic carbocycles. The molecule has 2 rings (SSSR count). The molecule has 0 atom stereocenters. The number of nitrogens with one attached hydrogen (secondary N) is 1. The molecule has 2 aromatic rings. The highest BCUT2D eigenvalue weighted by molar-refractivity contribution is 7.16. The number of hydrogen-bond donors (Lipinski definition) is 1. The standard InChI is InChI=1S/C11H12Cl2N4OS/c1-2-5-18-11-16-9(13)15-10(17-11)14-6-7-3-4-8(12)19-7/h3-4H,2,5-6H2,1H3,(H,14,15,16,17). The van der Waals surface area contributed by atoms with E-state index in [9.17, 15) is 0 Å². The lowest BCUT2D eigenvalue weighted by atomic mass is 10.5. The monoisotopic (exact) mass is 318 g/mol. The summed E-state index contributed by atoms with van der Waals surface area (Å²) in [4.78, 5) is 13.1. The van der Waals surface area contributed by atoms with Crippen molar-refractivity contribution in [2.45, 2.75) is 19.9 Å². The van der Waals surface area contributed by atoms with Crippen molar-refractivity contribution in [3.05, 3.63) is 26.6 Å². The van der Waals surface area contributed by atoms with Crippen LogP contribution in [0.25, 0.3) is 0 Å². The summed E-state index contributed by atoms with van der Waals surface area (Å²) >= 11 is 13.2. The number of anilines is 1. The molecule has 0 spiro atoms. The Kier molecular flexibility index (Phi) is 5.18. The van der Waals surface area contributed by atoms with Crippen molar-refractivity contribution in [3.63, 3.8) is 0 Å². The van der Waals surface area contributed by atoms with Gasteiger partial charge < -0.3 is 10.1 Å². The summed E-state index contributed by atoms with van der Waals surface area (Å²) in [5, 5.41) is 3.16. The SMILES string of the molecule is CCCOc1nc(Cl)nc(NCc2ccc(Cl)s2)n1. The smallest absolute Gasteiger partial charge is 0.322 e. The minimum absolute atomic E-state index is 0.104. The number of ether oxygens (including phenoxy) is 1. The third-order valence-corrected chi connectivity index (χ3v) is 3.47. The quantitative estimate of drug-likeness (QED) is 0.881. The molecular weight excluding hydrogens is 307 g/mol. The second kappa shape index (κ2) is 6.88. The van der Waals surface area contributed by atoms with Crippen molar-refractivity contribution in [2.75, 3.05) is 11.9 Å². The molecule has 0 radical (unpaired) electrons. The van der Waals surface area contributed by atoms with Gasteiger partial charge in [0.2, 0.25) is 11.2 Å². The van der Waals surface area contributed by atoms with E-state index in [1.54, 1.807) is 0 Å². The van der Waals surface area contributed by atoms with Crippen molar-refractivity contribution in [1.82, 2.24) is 15.0 Å². The predicted molar refractivity (Wildman–Crippen MR) is 77.3 cm³/mol. The van der Waals surface area contributed by atoms with Crippen molar-refractivity contribution in [3.8, 4) is 6.01 Å². The fourth-order valence-corrected chi connectivity index (χ4v) is 2.46. The Morgan fingerprint density at radius 1 is 1.26 bits per heavy atom. The van der Waals surface area contributed by atoms with E-state index in [1.165, 1.54) is 11.3 Å². The maximum atomic E-state index is 5.86. The highest BCUT2D eigenvalue weighted by Gasteiger charge is 2.06. The van der Waals surface area contributed by atoms with Crippen molar-refractivity contribution in [1.29, 1.82) is 0 Å². The van der Waals surface area contributed by atoms with Crippen LogP contribution in [0, 0.1) is 0 Å². The molecule has 5 nitrogen and oxygen atoms in total. The number of thiophene rings is 1. The minimum Gasteiger partial charge on any atom is -0.463 e. The Morgan fingerprint density at radius 2 is 2.11 bits per heavy atom. The summed E-state index contributed by atoms with van der Waals surface area (Å²) < 4.78 is 6.08. The van der Waals surface area contributed by atoms with Crippen LogP contribution in [0.5, 0.6) is 6.01 Å². The van der Waals surface area contributed by atoms with E-state index in [4.69, 9.17) is 27.9 Å². The van der Waals surface area contributed by atoms with Crippen LogP contribution >= 0.6 is 34.5 Å². The predicted octanol–water partition coefficient (Wildman–Crippen LogP) is 3.64. The van der Waals surface area contributed by atoms with Gasteiger partial charge in [0.25, 0.3) is 0 Å². The Labute approximate surface area is 125 Å². The molecular formula is C11H12Cl2N4OS. The van der Waals surface area contributed by atoms with Crippen molar-refractivity contribution >= 4 is 40.5 Å². The van der Waals surface area contributed by atoms with Gasteiger partial charge >= 0.3 is 6.01 Å². The number of nitrogens with zero attached hydrogens (tertiary/aromatic N) is 3. The van der Waals surface area contributed by atoms with E-state index >= 15 is 0 Å².